The van der Waals surface area contributed by atoms with Crippen molar-refractivity contribution < 1.29 is 17.7 Å². The Hall–Kier alpha value is -3.03. The third-order valence-corrected chi connectivity index (χ3v) is 6.21. The number of halogens is 1. The lowest BCUT2D eigenvalue weighted by Gasteiger charge is -2.35. The highest BCUT2D eigenvalue weighted by Crippen LogP contribution is 2.30. The Balaban J connectivity index is 1.82. The van der Waals surface area contributed by atoms with Gasteiger partial charge in [-0.25, -0.2) is 12.8 Å². The van der Waals surface area contributed by atoms with Crippen molar-refractivity contribution in [1.29, 1.82) is 5.26 Å². The zero-order valence-electron chi connectivity index (χ0n) is 14.1. The van der Waals surface area contributed by atoms with Gasteiger partial charge in [0.25, 0.3) is 5.69 Å². The number of sulfonamides is 1. The molecule has 0 atom stereocenters. The summed E-state index contributed by atoms with van der Waals surface area (Å²) in [6, 6.07) is 10.8. The van der Waals surface area contributed by atoms with Crippen LogP contribution in [-0.2, 0) is 10.0 Å². The fourth-order valence-corrected chi connectivity index (χ4v) is 4.40. The number of rotatable bonds is 4. The van der Waals surface area contributed by atoms with E-state index < -0.39 is 20.8 Å². The van der Waals surface area contributed by atoms with Gasteiger partial charge in [-0.2, -0.15) is 9.57 Å². The molecule has 1 fully saturated rings. The van der Waals surface area contributed by atoms with Crippen LogP contribution in [0.1, 0.15) is 5.56 Å². The number of nitriles is 1. The number of benzene rings is 2. The molecule has 3 rings (SSSR count). The van der Waals surface area contributed by atoms with Gasteiger partial charge in [-0.05, 0) is 30.3 Å². The maximum Gasteiger partial charge on any atom is 0.292 e. The van der Waals surface area contributed by atoms with Crippen LogP contribution >= 0.6 is 0 Å². The first-order valence-electron chi connectivity index (χ1n) is 8.02. The first-order chi connectivity index (χ1) is 12.8. The van der Waals surface area contributed by atoms with Crippen LogP contribution in [0.25, 0.3) is 0 Å². The largest absolute Gasteiger partial charge is 0.363 e. The predicted octanol–water partition coefficient (Wildman–Crippen LogP) is 2.12. The molecule has 1 saturated heterocycles. The van der Waals surface area contributed by atoms with Crippen LogP contribution in [0, 0.1) is 27.3 Å². The van der Waals surface area contributed by atoms with Gasteiger partial charge in [0.2, 0.25) is 10.0 Å². The molecule has 8 nitrogen and oxygen atoms in total. The van der Waals surface area contributed by atoms with Crippen LogP contribution in [0.15, 0.2) is 47.4 Å². The van der Waals surface area contributed by atoms with E-state index in [4.69, 9.17) is 5.26 Å². The first-order valence-corrected chi connectivity index (χ1v) is 9.46. The summed E-state index contributed by atoms with van der Waals surface area (Å²) in [5.41, 5.74) is 0.419. The lowest BCUT2D eigenvalue weighted by molar-refractivity contribution is -0.384. The molecule has 0 unspecified atom stereocenters. The average Bonchev–Trinajstić information content (AvgIpc) is 2.67. The van der Waals surface area contributed by atoms with Crippen molar-refractivity contribution in [2.75, 3.05) is 31.1 Å². The van der Waals surface area contributed by atoms with Gasteiger partial charge in [-0.1, -0.05) is 6.07 Å². The van der Waals surface area contributed by atoms with Crippen LogP contribution in [0.5, 0.6) is 0 Å². The van der Waals surface area contributed by atoms with E-state index >= 15 is 0 Å². The fraction of sp³-hybridized carbons (Fsp3) is 0.235. The standard InChI is InChI=1S/C17H15FN4O4S/c18-14-2-1-3-15(11-14)27(25,26)21-8-6-20(7-9-21)17-10-13(12-19)4-5-16(17)22(23)24/h1-5,10-11H,6-9H2. The predicted molar refractivity (Wildman–Crippen MR) is 95.2 cm³/mol. The van der Waals surface area contributed by atoms with Gasteiger partial charge in [0.1, 0.15) is 11.5 Å². The van der Waals surface area contributed by atoms with Crippen LogP contribution < -0.4 is 4.90 Å². The quantitative estimate of drug-likeness (QED) is 0.584. The summed E-state index contributed by atoms with van der Waals surface area (Å²) in [6.45, 7) is 0.605. The molecule has 27 heavy (non-hydrogen) atoms. The molecular formula is C17H15FN4O4S. The first kappa shape index (κ1) is 18.8. The second kappa shape index (κ2) is 7.30. The Bertz CT molecular complexity index is 1030. The van der Waals surface area contributed by atoms with Crippen molar-refractivity contribution >= 4 is 21.4 Å². The van der Waals surface area contributed by atoms with E-state index in [2.05, 4.69) is 0 Å². The molecule has 140 valence electrons. The SMILES string of the molecule is N#Cc1ccc([N+](=O)[O-])c(N2CCN(S(=O)(=O)c3cccc(F)c3)CC2)c1. The summed E-state index contributed by atoms with van der Waals surface area (Å²) in [7, 11) is -3.85. The van der Waals surface area contributed by atoms with Crippen molar-refractivity contribution in [3.05, 3.63) is 64.0 Å². The maximum absolute atomic E-state index is 13.4. The number of nitro benzene ring substituents is 1. The van der Waals surface area contributed by atoms with Gasteiger partial charge in [0, 0.05) is 32.2 Å². The summed E-state index contributed by atoms with van der Waals surface area (Å²) < 4.78 is 39.9. The molecule has 10 heteroatoms. The molecule has 0 spiro atoms. The van der Waals surface area contributed by atoms with Crippen molar-refractivity contribution in [2.45, 2.75) is 4.90 Å². The van der Waals surface area contributed by atoms with Crippen molar-refractivity contribution in [3.8, 4) is 6.07 Å². The lowest BCUT2D eigenvalue weighted by atomic mass is 10.1. The van der Waals surface area contributed by atoms with E-state index in [0.29, 0.717) is 0 Å². The molecule has 1 heterocycles. The molecule has 0 amide bonds. The molecule has 0 aliphatic carbocycles. The Morgan fingerprint density at radius 2 is 1.81 bits per heavy atom. The van der Waals surface area contributed by atoms with Crippen LogP contribution in [-0.4, -0.2) is 43.8 Å². The van der Waals surface area contributed by atoms with E-state index in [1.807, 2.05) is 6.07 Å². The maximum atomic E-state index is 13.4. The molecule has 1 aliphatic rings. The van der Waals surface area contributed by atoms with E-state index in [-0.39, 0.29) is 48.0 Å². The number of nitro groups is 1. The number of piperazine rings is 1. The minimum atomic E-state index is -3.85. The molecule has 0 bridgehead atoms. The highest BCUT2D eigenvalue weighted by atomic mass is 32.2. The normalized spacial score (nSPS) is 15.3. The fourth-order valence-electron chi connectivity index (χ4n) is 2.95. The van der Waals surface area contributed by atoms with E-state index in [1.165, 1.54) is 34.6 Å². The Morgan fingerprint density at radius 1 is 1.11 bits per heavy atom. The molecule has 0 aromatic heterocycles. The van der Waals surface area contributed by atoms with E-state index in [9.17, 15) is 22.9 Å². The third kappa shape index (κ3) is 3.74. The van der Waals surface area contributed by atoms with Crippen molar-refractivity contribution in [2.24, 2.45) is 0 Å². The number of anilines is 1. The van der Waals surface area contributed by atoms with Gasteiger partial charge < -0.3 is 4.90 Å². The third-order valence-electron chi connectivity index (χ3n) is 4.31. The molecule has 0 N–H and O–H groups in total. The van der Waals surface area contributed by atoms with Crippen LogP contribution in [0.2, 0.25) is 0 Å². The smallest absolute Gasteiger partial charge is 0.292 e. The Morgan fingerprint density at radius 3 is 2.41 bits per heavy atom. The molecule has 0 radical (unpaired) electrons. The molecular weight excluding hydrogens is 375 g/mol. The Labute approximate surface area is 155 Å². The van der Waals surface area contributed by atoms with Crippen molar-refractivity contribution in [3.63, 3.8) is 0 Å². The summed E-state index contributed by atoms with van der Waals surface area (Å²) in [4.78, 5) is 12.3. The van der Waals surface area contributed by atoms with Gasteiger partial charge >= 0.3 is 0 Å². The summed E-state index contributed by atoms with van der Waals surface area (Å²) in [6.07, 6.45) is 0. The highest BCUT2D eigenvalue weighted by Gasteiger charge is 2.31. The Kier molecular flexibility index (Phi) is 5.07. The summed E-state index contributed by atoms with van der Waals surface area (Å²) in [5, 5.41) is 20.3. The molecule has 0 saturated carbocycles. The van der Waals surface area contributed by atoms with Crippen molar-refractivity contribution in [1.82, 2.24) is 4.31 Å². The number of nitrogens with zero attached hydrogens (tertiary/aromatic N) is 4. The van der Waals surface area contributed by atoms with E-state index in [1.54, 1.807) is 4.90 Å². The van der Waals surface area contributed by atoms with E-state index in [0.717, 1.165) is 12.1 Å². The summed E-state index contributed by atoms with van der Waals surface area (Å²) >= 11 is 0. The lowest BCUT2D eigenvalue weighted by Crippen LogP contribution is -2.48. The number of hydrogen-bond donors (Lipinski definition) is 0. The van der Waals surface area contributed by atoms with Gasteiger partial charge in [0.15, 0.2) is 0 Å². The van der Waals surface area contributed by atoms with Gasteiger partial charge in [0.05, 0.1) is 21.5 Å². The van der Waals surface area contributed by atoms with Crippen LogP contribution in [0.4, 0.5) is 15.8 Å². The number of hydrogen-bond acceptors (Lipinski definition) is 6. The second-order valence-corrected chi connectivity index (χ2v) is 7.86. The molecule has 2 aromatic carbocycles. The average molecular weight is 390 g/mol. The summed E-state index contributed by atoms with van der Waals surface area (Å²) in [5.74, 6) is -0.640. The minimum absolute atomic E-state index is 0.0901. The second-order valence-electron chi connectivity index (χ2n) is 5.92. The minimum Gasteiger partial charge on any atom is -0.363 e. The topological polar surface area (TPSA) is 108 Å². The van der Waals surface area contributed by atoms with Crippen LogP contribution in [0.3, 0.4) is 0 Å². The molecule has 1 aliphatic heterocycles. The monoisotopic (exact) mass is 390 g/mol. The van der Waals surface area contributed by atoms with Gasteiger partial charge in [-0.15, -0.1) is 0 Å². The molecule has 2 aromatic rings. The zero-order chi connectivity index (χ0) is 19.6. The zero-order valence-corrected chi connectivity index (χ0v) is 14.9. The highest BCUT2D eigenvalue weighted by molar-refractivity contribution is 7.89. The van der Waals surface area contributed by atoms with Gasteiger partial charge in [-0.3, -0.25) is 10.1 Å².